The number of rotatable bonds is 6. The van der Waals surface area contributed by atoms with E-state index in [2.05, 4.69) is 15.1 Å². The summed E-state index contributed by atoms with van der Waals surface area (Å²) in [5.74, 6) is 0.318. The Balaban J connectivity index is 1.49. The third kappa shape index (κ3) is 3.78. The van der Waals surface area contributed by atoms with Crippen LogP contribution < -0.4 is 9.47 Å². The highest BCUT2D eigenvalue weighted by molar-refractivity contribution is 7.88. The molecule has 148 valence electrons. The van der Waals surface area contributed by atoms with E-state index in [1.165, 1.54) is 23.8 Å². The van der Waals surface area contributed by atoms with Crippen LogP contribution in [-0.4, -0.2) is 54.2 Å². The molecule has 0 saturated carbocycles. The van der Waals surface area contributed by atoms with Gasteiger partial charge in [0.15, 0.2) is 5.58 Å². The van der Waals surface area contributed by atoms with Crippen LogP contribution in [0.1, 0.15) is 18.5 Å². The maximum atomic E-state index is 13.0. The summed E-state index contributed by atoms with van der Waals surface area (Å²) in [6.07, 6.45) is 4.09. The molecular weight excluding hydrogens is 384 g/mol. The molecule has 0 N–H and O–H groups in total. The van der Waals surface area contributed by atoms with Crippen molar-refractivity contribution in [3.05, 3.63) is 42.4 Å². The molecule has 3 aromatic rings. The molecule has 0 spiro atoms. The number of piperidine rings is 1. The predicted molar refractivity (Wildman–Crippen MR) is 100 cm³/mol. The molecule has 1 aromatic carbocycles. The summed E-state index contributed by atoms with van der Waals surface area (Å²) in [7, 11) is -2.09. The summed E-state index contributed by atoms with van der Waals surface area (Å²) >= 11 is 0. The van der Waals surface area contributed by atoms with Crippen molar-refractivity contribution < 1.29 is 22.4 Å². The van der Waals surface area contributed by atoms with Crippen molar-refractivity contribution in [1.29, 1.82) is 0 Å². The van der Waals surface area contributed by atoms with E-state index in [0.717, 1.165) is 6.42 Å². The molecule has 1 atom stereocenters. The smallest absolute Gasteiger partial charge is 0.278 e. The number of aromatic nitrogens is 3. The molecule has 28 heavy (non-hydrogen) atoms. The van der Waals surface area contributed by atoms with Crippen LogP contribution in [-0.2, 0) is 15.8 Å². The number of para-hydroxylation sites is 1. The van der Waals surface area contributed by atoms with Gasteiger partial charge in [0.2, 0.25) is 10.0 Å². The first-order chi connectivity index (χ1) is 13.6. The SMILES string of the molecule is COc1nccnc1OC1CCCN(S(=O)(=O)Cc2noc3ccccc23)C1. The third-order valence-corrected chi connectivity index (χ3v) is 6.37. The lowest BCUT2D eigenvalue weighted by Crippen LogP contribution is -2.44. The lowest BCUT2D eigenvalue weighted by Gasteiger charge is -2.31. The topological polar surface area (TPSA) is 108 Å². The second-order valence-electron chi connectivity index (χ2n) is 6.49. The van der Waals surface area contributed by atoms with Gasteiger partial charge in [-0.1, -0.05) is 17.3 Å². The van der Waals surface area contributed by atoms with E-state index < -0.39 is 10.0 Å². The van der Waals surface area contributed by atoms with Crippen molar-refractivity contribution in [3.63, 3.8) is 0 Å². The van der Waals surface area contributed by atoms with Gasteiger partial charge in [0.25, 0.3) is 11.8 Å². The number of benzene rings is 1. The first-order valence-corrected chi connectivity index (χ1v) is 10.5. The van der Waals surface area contributed by atoms with Gasteiger partial charge in [-0.2, -0.15) is 4.31 Å². The van der Waals surface area contributed by atoms with Crippen molar-refractivity contribution >= 4 is 21.0 Å². The Kier molecular flexibility index (Phi) is 5.14. The minimum Gasteiger partial charge on any atom is -0.477 e. The zero-order chi connectivity index (χ0) is 19.6. The lowest BCUT2D eigenvalue weighted by molar-refractivity contribution is 0.119. The van der Waals surface area contributed by atoms with Gasteiger partial charge in [-0.25, -0.2) is 18.4 Å². The number of methoxy groups -OCH3 is 1. The van der Waals surface area contributed by atoms with Gasteiger partial charge in [-0.15, -0.1) is 0 Å². The van der Waals surface area contributed by atoms with E-state index in [1.807, 2.05) is 12.1 Å². The predicted octanol–water partition coefficient (Wildman–Crippen LogP) is 2.00. The summed E-state index contributed by atoms with van der Waals surface area (Å²) in [4.78, 5) is 8.17. The lowest BCUT2D eigenvalue weighted by atomic mass is 10.1. The van der Waals surface area contributed by atoms with Crippen LogP contribution in [0, 0.1) is 0 Å². The van der Waals surface area contributed by atoms with Gasteiger partial charge in [0.1, 0.15) is 17.6 Å². The van der Waals surface area contributed by atoms with Crippen molar-refractivity contribution in [1.82, 2.24) is 19.4 Å². The molecule has 4 rings (SSSR count). The molecule has 1 fully saturated rings. The molecule has 0 bridgehead atoms. The molecule has 9 nitrogen and oxygen atoms in total. The summed E-state index contributed by atoms with van der Waals surface area (Å²) in [5.41, 5.74) is 0.983. The molecule has 0 radical (unpaired) electrons. The normalized spacial score (nSPS) is 18.2. The van der Waals surface area contributed by atoms with Crippen molar-refractivity contribution in [3.8, 4) is 11.8 Å². The van der Waals surface area contributed by atoms with Gasteiger partial charge >= 0.3 is 0 Å². The van der Waals surface area contributed by atoms with Gasteiger partial charge in [0, 0.05) is 24.3 Å². The molecule has 0 amide bonds. The van der Waals surface area contributed by atoms with E-state index in [9.17, 15) is 8.42 Å². The molecule has 1 aliphatic heterocycles. The van der Waals surface area contributed by atoms with Crippen LogP contribution in [0.4, 0.5) is 0 Å². The first-order valence-electron chi connectivity index (χ1n) is 8.89. The van der Waals surface area contributed by atoms with E-state index in [-0.39, 0.29) is 30.2 Å². The quantitative estimate of drug-likeness (QED) is 0.614. The summed E-state index contributed by atoms with van der Waals surface area (Å²) in [6, 6.07) is 7.21. The minimum absolute atomic E-state index is 0.217. The Morgan fingerprint density at radius 2 is 2.00 bits per heavy atom. The van der Waals surface area contributed by atoms with Gasteiger partial charge in [-0.05, 0) is 25.0 Å². The number of sulfonamides is 1. The minimum atomic E-state index is -3.58. The van der Waals surface area contributed by atoms with Crippen LogP contribution >= 0.6 is 0 Å². The molecule has 2 aromatic heterocycles. The van der Waals surface area contributed by atoms with Crippen LogP contribution in [0.25, 0.3) is 11.0 Å². The second kappa shape index (κ2) is 7.72. The highest BCUT2D eigenvalue weighted by Crippen LogP contribution is 2.26. The molecule has 1 unspecified atom stereocenters. The maximum absolute atomic E-state index is 13.0. The summed E-state index contributed by atoms with van der Waals surface area (Å²) in [5, 5.41) is 4.65. The Morgan fingerprint density at radius 3 is 2.82 bits per heavy atom. The van der Waals surface area contributed by atoms with Crippen LogP contribution in [0.2, 0.25) is 0 Å². The van der Waals surface area contributed by atoms with Crippen LogP contribution in [0.3, 0.4) is 0 Å². The van der Waals surface area contributed by atoms with Gasteiger partial charge in [-0.3, -0.25) is 0 Å². The highest BCUT2D eigenvalue weighted by atomic mass is 32.2. The molecule has 3 heterocycles. The Bertz CT molecular complexity index is 1070. The number of fused-ring (bicyclic) bond motifs is 1. The molecular formula is C18H20N4O5S. The van der Waals surface area contributed by atoms with Crippen molar-refractivity contribution in [2.45, 2.75) is 24.7 Å². The summed E-state index contributed by atoms with van der Waals surface area (Å²) < 4.78 is 43.6. The van der Waals surface area contributed by atoms with E-state index in [1.54, 1.807) is 12.1 Å². The summed E-state index contributed by atoms with van der Waals surface area (Å²) in [6.45, 7) is 0.674. The standard InChI is InChI=1S/C18H20N4O5S/c1-25-17-18(20-9-8-19-17)26-13-5-4-10-22(11-13)28(23,24)12-15-14-6-2-3-7-16(14)27-21-15/h2-3,6-9,13H,4-5,10-12H2,1H3. The van der Waals surface area contributed by atoms with Gasteiger partial charge in [0.05, 0.1) is 13.7 Å². The average Bonchev–Trinajstić information content (AvgIpc) is 3.11. The van der Waals surface area contributed by atoms with Crippen molar-refractivity contribution in [2.75, 3.05) is 20.2 Å². The second-order valence-corrected chi connectivity index (χ2v) is 8.46. The fourth-order valence-electron chi connectivity index (χ4n) is 3.25. The largest absolute Gasteiger partial charge is 0.477 e. The molecule has 1 saturated heterocycles. The molecule has 1 aliphatic rings. The zero-order valence-electron chi connectivity index (χ0n) is 15.3. The van der Waals surface area contributed by atoms with Crippen molar-refractivity contribution in [2.24, 2.45) is 0 Å². The molecule has 0 aliphatic carbocycles. The Morgan fingerprint density at radius 1 is 1.21 bits per heavy atom. The average molecular weight is 404 g/mol. The number of hydrogen-bond acceptors (Lipinski definition) is 8. The van der Waals surface area contributed by atoms with Crippen LogP contribution in [0.15, 0.2) is 41.2 Å². The van der Waals surface area contributed by atoms with Gasteiger partial charge < -0.3 is 14.0 Å². The Hall–Kier alpha value is -2.72. The number of nitrogens with zero attached hydrogens (tertiary/aromatic N) is 4. The third-order valence-electron chi connectivity index (χ3n) is 4.61. The highest BCUT2D eigenvalue weighted by Gasteiger charge is 2.32. The fraction of sp³-hybridized carbons (Fsp3) is 0.389. The Labute approximate surface area is 162 Å². The zero-order valence-corrected chi connectivity index (χ0v) is 16.1. The fourth-order valence-corrected chi connectivity index (χ4v) is 4.79. The number of hydrogen-bond donors (Lipinski definition) is 0. The molecule has 10 heteroatoms. The first kappa shape index (κ1) is 18.6. The monoisotopic (exact) mass is 404 g/mol. The number of ether oxygens (including phenoxy) is 2. The van der Waals surface area contributed by atoms with Crippen LogP contribution in [0.5, 0.6) is 11.8 Å². The maximum Gasteiger partial charge on any atom is 0.278 e. The van der Waals surface area contributed by atoms with E-state index in [4.69, 9.17) is 14.0 Å². The van der Waals surface area contributed by atoms with E-state index >= 15 is 0 Å². The van der Waals surface area contributed by atoms with E-state index in [0.29, 0.717) is 29.6 Å².